The van der Waals surface area contributed by atoms with Crippen LogP contribution in [0.15, 0.2) is 0 Å². The molecule has 0 aromatic rings. The van der Waals surface area contributed by atoms with E-state index in [1.165, 1.54) is 25.8 Å². The number of rotatable bonds is 7. The normalized spacial score (nSPS) is 22.7. The van der Waals surface area contributed by atoms with E-state index in [2.05, 4.69) is 45.0 Å². The van der Waals surface area contributed by atoms with Crippen molar-refractivity contribution < 1.29 is 4.74 Å². The number of ether oxygens (including phenoxy) is 1. The van der Waals surface area contributed by atoms with Gasteiger partial charge in [-0.3, -0.25) is 0 Å². The van der Waals surface area contributed by atoms with Gasteiger partial charge in [0.1, 0.15) is 0 Å². The SMILES string of the molecule is CCCNC(CN(C)CC1CCCOC1)C(C)(C)C. The van der Waals surface area contributed by atoms with Gasteiger partial charge in [-0.2, -0.15) is 0 Å². The Labute approximate surface area is 120 Å². The van der Waals surface area contributed by atoms with E-state index >= 15 is 0 Å². The summed E-state index contributed by atoms with van der Waals surface area (Å²) in [6, 6.07) is 0.557. The van der Waals surface area contributed by atoms with Gasteiger partial charge in [-0.1, -0.05) is 27.7 Å². The highest BCUT2D eigenvalue weighted by Crippen LogP contribution is 2.21. The van der Waals surface area contributed by atoms with Crippen LogP contribution in [0.4, 0.5) is 0 Å². The Kier molecular flexibility index (Phi) is 7.33. The lowest BCUT2D eigenvalue weighted by atomic mass is 9.86. The van der Waals surface area contributed by atoms with Gasteiger partial charge in [0, 0.05) is 25.7 Å². The molecular formula is C16H34N2O. The molecule has 3 nitrogen and oxygen atoms in total. The Balaban J connectivity index is 2.38. The molecule has 0 aliphatic carbocycles. The fourth-order valence-corrected chi connectivity index (χ4v) is 2.74. The first kappa shape index (κ1) is 16.9. The number of nitrogens with zero attached hydrogens (tertiary/aromatic N) is 1. The molecule has 1 aliphatic heterocycles. The minimum atomic E-state index is 0.312. The van der Waals surface area contributed by atoms with Gasteiger partial charge in [-0.15, -0.1) is 0 Å². The molecule has 1 N–H and O–H groups in total. The zero-order valence-electron chi connectivity index (χ0n) is 13.7. The topological polar surface area (TPSA) is 24.5 Å². The Morgan fingerprint density at radius 1 is 1.37 bits per heavy atom. The van der Waals surface area contributed by atoms with Crippen LogP contribution in [0.25, 0.3) is 0 Å². The predicted molar refractivity (Wildman–Crippen MR) is 82.6 cm³/mol. The second kappa shape index (κ2) is 8.23. The molecule has 1 saturated heterocycles. The summed E-state index contributed by atoms with van der Waals surface area (Å²) in [5.41, 5.74) is 0.312. The van der Waals surface area contributed by atoms with E-state index in [0.29, 0.717) is 11.5 Å². The Morgan fingerprint density at radius 2 is 2.11 bits per heavy atom. The molecule has 19 heavy (non-hydrogen) atoms. The molecular weight excluding hydrogens is 236 g/mol. The quantitative estimate of drug-likeness (QED) is 0.770. The van der Waals surface area contributed by atoms with E-state index < -0.39 is 0 Å². The first-order valence-electron chi connectivity index (χ1n) is 7.93. The van der Waals surface area contributed by atoms with E-state index in [1.807, 2.05) is 0 Å². The number of likely N-dealkylation sites (N-methyl/N-ethyl adjacent to an activating group) is 1. The molecule has 0 spiro atoms. The molecule has 0 amide bonds. The zero-order valence-corrected chi connectivity index (χ0v) is 13.7. The van der Waals surface area contributed by atoms with Gasteiger partial charge in [-0.05, 0) is 44.2 Å². The third-order valence-electron chi connectivity index (χ3n) is 4.00. The lowest BCUT2D eigenvalue weighted by Crippen LogP contribution is -2.49. The second-order valence-electron chi connectivity index (χ2n) is 7.18. The molecule has 3 heteroatoms. The summed E-state index contributed by atoms with van der Waals surface area (Å²) in [5, 5.41) is 3.70. The van der Waals surface area contributed by atoms with Gasteiger partial charge >= 0.3 is 0 Å². The first-order valence-corrected chi connectivity index (χ1v) is 7.93. The number of hydrogen-bond donors (Lipinski definition) is 1. The second-order valence-corrected chi connectivity index (χ2v) is 7.18. The molecule has 2 atom stereocenters. The Morgan fingerprint density at radius 3 is 2.63 bits per heavy atom. The van der Waals surface area contributed by atoms with Crippen molar-refractivity contribution in [2.24, 2.45) is 11.3 Å². The van der Waals surface area contributed by atoms with Crippen molar-refractivity contribution in [2.45, 2.75) is 53.0 Å². The molecule has 1 aliphatic rings. The van der Waals surface area contributed by atoms with Gasteiger partial charge in [0.05, 0.1) is 6.61 Å². The van der Waals surface area contributed by atoms with Crippen LogP contribution in [-0.4, -0.2) is 50.8 Å². The average molecular weight is 270 g/mol. The Hall–Kier alpha value is -0.120. The van der Waals surface area contributed by atoms with E-state index in [9.17, 15) is 0 Å². The number of nitrogens with one attached hydrogen (secondary N) is 1. The summed E-state index contributed by atoms with van der Waals surface area (Å²) in [6.45, 7) is 14.5. The molecule has 114 valence electrons. The maximum absolute atomic E-state index is 5.58. The summed E-state index contributed by atoms with van der Waals surface area (Å²) >= 11 is 0. The molecule has 0 saturated carbocycles. The maximum Gasteiger partial charge on any atom is 0.0506 e. The minimum absolute atomic E-state index is 0.312. The molecule has 1 heterocycles. The maximum atomic E-state index is 5.58. The van der Waals surface area contributed by atoms with Crippen molar-refractivity contribution >= 4 is 0 Å². The van der Waals surface area contributed by atoms with Crippen molar-refractivity contribution in [1.82, 2.24) is 10.2 Å². The molecule has 0 bridgehead atoms. The van der Waals surface area contributed by atoms with Crippen molar-refractivity contribution in [3.8, 4) is 0 Å². The van der Waals surface area contributed by atoms with E-state index in [0.717, 1.165) is 32.2 Å². The van der Waals surface area contributed by atoms with Crippen molar-refractivity contribution in [1.29, 1.82) is 0 Å². The third-order valence-corrected chi connectivity index (χ3v) is 4.00. The minimum Gasteiger partial charge on any atom is -0.381 e. The van der Waals surface area contributed by atoms with E-state index in [1.54, 1.807) is 0 Å². The van der Waals surface area contributed by atoms with Crippen LogP contribution in [-0.2, 0) is 4.74 Å². The lowest BCUT2D eigenvalue weighted by Gasteiger charge is -2.36. The molecule has 0 radical (unpaired) electrons. The summed E-state index contributed by atoms with van der Waals surface area (Å²) in [6.07, 6.45) is 3.76. The van der Waals surface area contributed by atoms with Crippen LogP contribution in [0.3, 0.4) is 0 Å². The van der Waals surface area contributed by atoms with Crippen molar-refractivity contribution in [3.05, 3.63) is 0 Å². The zero-order chi connectivity index (χ0) is 14.3. The summed E-state index contributed by atoms with van der Waals surface area (Å²) < 4.78 is 5.58. The molecule has 0 aromatic heterocycles. The van der Waals surface area contributed by atoms with Crippen molar-refractivity contribution in [2.75, 3.05) is 39.9 Å². The largest absolute Gasteiger partial charge is 0.381 e. The number of hydrogen-bond acceptors (Lipinski definition) is 3. The van der Waals surface area contributed by atoms with Crippen molar-refractivity contribution in [3.63, 3.8) is 0 Å². The van der Waals surface area contributed by atoms with Crippen LogP contribution in [0.1, 0.15) is 47.0 Å². The monoisotopic (exact) mass is 270 g/mol. The molecule has 0 aromatic carbocycles. The van der Waals surface area contributed by atoms with Crippen LogP contribution >= 0.6 is 0 Å². The summed E-state index contributed by atoms with van der Waals surface area (Å²) in [5.74, 6) is 0.727. The van der Waals surface area contributed by atoms with Gasteiger partial charge < -0.3 is 15.0 Å². The average Bonchev–Trinajstić information content (AvgIpc) is 2.34. The van der Waals surface area contributed by atoms with E-state index in [-0.39, 0.29) is 0 Å². The fraction of sp³-hybridized carbons (Fsp3) is 1.00. The van der Waals surface area contributed by atoms with Crippen LogP contribution in [0, 0.1) is 11.3 Å². The lowest BCUT2D eigenvalue weighted by molar-refractivity contribution is 0.0388. The van der Waals surface area contributed by atoms with Gasteiger partial charge in [0.25, 0.3) is 0 Å². The molecule has 1 fully saturated rings. The highest BCUT2D eigenvalue weighted by molar-refractivity contribution is 4.83. The molecule has 1 rings (SSSR count). The third kappa shape index (κ3) is 6.73. The van der Waals surface area contributed by atoms with Crippen LogP contribution < -0.4 is 5.32 Å². The summed E-state index contributed by atoms with van der Waals surface area (Å²) in [7, 11) is 2.25. The summed E-state index contributed by atoms with van der Waals surface area (Å²) in [4.78, 5) is 2.48. The van der Waals surface area contributed by atoms with Gasteiger partial charge in [0.15, 0.2) is 0 Å². The van der Waals surface area contributed by atoms with E-state index in [4.69, 9.17) is 4.74 Å². The standard InChI is InChI=1S/C16H34N2O/c1-6-9-17-15(16(2,3)4)12-18(5)11-14-8-7-10-19-13-14/h14-15,17H,6-13H2,1-5H3. The van der Waals surface area contributed by atoms with Gasteiger partial charge in [0.2, 0.25) is 0 Å². The van der Waals surface area contributed by atoms with Gasteiger partial charge in [-0.25, -0.2) is 0 Å². The first-order chi connectivity index (χ1) is 8.93. The highest BCUT2D eigenvalue weighted by atomic mass is 16.5. The Bertz CT molecular complexity index is 231. The van der Waals surface area contributed by atoms with Crippen LogP contribution in [0.5, 0.6) is 0 Å². The highest BCUT2D eigenvalue weighted by Gasteiger charge is 2.26. The fourth-order valence-electron chi connectivity index (χ4n) is 2.74. The molecule has 2 unspecified atom stereocenters. The predicted octanol–water partition coefficient (Wildman–Crippen LogP) is 2.76. The smallest absolute Gasteiger partial charge is 0.0506 e. The van der Waals surface area contributed by atoms with Crippen LogP contribution in [0.2, 0.25) is 0 Å².